The molecule has 0 spiro atoms. The average Bonchev–Trinajstić information content (AvgIpc) is 2.88. The van der Waals surface area contributed by atoms with Crippen LogP contribution in [0.3, 0.4) is 0 Å². The third-order valence-electron chi connectivity index (χ3n) is 6.57. The van der Waals surface area contributed by atoms with E-state index in [9.17, 15) is 4.79 Å². The van der Waals surface area contributed by atoms with Gasteiger partial charge in [0.25, 0.3) is 5.91 Å². The maximum Gasteiger partial charge on any atom is 0.266 e. The summed E-state index contributed by atoms with van der Waals surface area (Å²) in [5.74, 6) is 0.0604. The fraction of sp³-hybridized carbons (Fsp3) is 0.194. The Balaban J connectivity index is 1.97. The number of aryl methyl sites for hydroxylation is 2. The minimum absolute atomic E-state index is 0.0604. The highest BCUT2D eigenvalue weighted by Crippen LogP contribution is 2.61. The minimum atomic E-state index is -2.35. The second-order valence-corrected chi connectivity index (χ2v) is 13.0. The number of carbonyl (C=O) groups excluding carboxylic acids is 1. The molecule has 0 heterocycles. The Bertz CT molecular complexity index is 1160. The normalized spacial score (nSPS) is 12.2. The molecule has 4 aromatic carbocycles. The molecule has 0 saturated carbocycles. The molecule has 2 nitrogen and oxygen atoms in total. The van der Waals surface area contributed by atoms with Gasteiger partial charge in [0.05, 0.1) is 0 Å². The molecule has 178 valence electrons. The fourth-order valence-electron chi connectivity index (χ4n) is 5.06. The van der Waals surface area contributed by atoms with Crippen molar-refractivity contribution in [3.8, 4) is 0 Å². The summed E-state index contributed by atoms with van der Waals surface area (Å²) in [6.45, 7) is 6.16. The number of benzene rings is 4. The first kappa shape index (κ1) is 25.2. The predicted octanol–water partition coefficient (Wildman–Crippen LogP) is 7.06. The third-order valence-corrected chi connectivity index (χ3v) is 11.6. The van der Waals surface area contributed by atoms with E-state index in [1.54, 1.807) is 0 Å². The van der Waals surface area contributed by atoms with E-state index in [-0.39, 0.29) is 11.6 Å². The molecule has 0 saturated heterocycles. The molecule has 4 aromatic rings. The van der Waals surface area contributed by atoms with Gasteiger partial charge in [0, 0.05) is 10.7 Å². The summed E-state index contributed by atoms with van der Waals surface area (Å²) in [5.41, 5.74) is 2.57. The van der Waals surface area contributed by atoms with Crippen LogP contribution in [0.15, 0.2) is 103 Å². The fourth-order valence-corrected chi connectivity index (χ4v) is 10.4. The molecule has 35 heavy (non-hydrogen) atoms. The van der Waals surface area contributed by atoms with Crippen molar-refractivity contribution in [2.75, 3.05) is 5.32 Å². The molecule has 0 bridgehead atoms. The van der Waals surface area contributed by atoms with Gasteiger partial charge in [0.1, 0.15) is 23.2 Å². The molecule has 0 aliphatic rings. The van der Waals surface area contributed by atoms with Crippen molar-refractivity contribution >= 4 is 46.4 Å². The van der Waals surface area contributed by atoms with Crippen LogP contribution in [0.2, 0.25) is 5.02 Å². The summed E-state index contributed by atoms with van der Waals surface area (Å²) in [6.07, 6.45) is 1.69. The van der Waals surface area contributed by atoms with Crippen molar-refractivity contribution in [2.24, 2.45) is 0 Å². The lowest BCUT2D eigenvalue weighted by atomic mass is 10.1. The summed E-state index contributed by atoms with van der Waals surface area (Å²) in [4.78, 5) is 14.3. The van der Waals surface area contributed by atoms with Crippen LogP contribution in [0.5, 0.6) is 0 Å². The largest absolute Gasteiger partial charge is 0.322 e. The van der Waals surface area contributed by atoms with Crippen molar-refractivity contribution in [3.05, 3.63) is 119 Å². The van der Waals surface area contributed by atoms with E-state index in [0.29, 0.717) is 5.02 Å². The van der Waals surface area contributed by atoms with E-state index in [1.807, 2.05) is 44.2 Å². The SMILES string of the molecule is CCCC(C(=O)Nc1c(C)cc(Cl)cc1C)[P+](c1ccccc1)(c1ccccc1)c1ccccc1. The Kier molecular flexibility index (Phi) is 8.06. The summed E-state index contributed by atoms with van der Waals surface area (Å²) >= 11 is 6.28. The van der Waals surface area contributed by atoms with Crippen LogP contribution < -0.4 is 21.2 Å². The highest BCUT2D eigenvalue weighted by atomic mass is 35.5. The van der Waals surface area contributed by atoms with Crippen molar-refractivity contribution in [2.45, 2.75) is 39.3 Å². The van der Waals surface area contributed by atoms with Crippen molar-refractivity contribution in [3.63, 3.8) is 0 Å². The lowest BCUT2D eigenvalue weighted by Crippen LogP contribution is -2.44. The standard InChI is InChI=1S/C31H31ClNOP/c1-4-14-29(31(34)33-30-23(2)21-25(32)22-24(30)3)35(26-15-8-5-9-16-26,27-17-10-6-11-18-27)28-19-12-7-13-20-28/h5-13,15-22,29H,4,14H2,1-3H3/p+1. The van der Waals surface area contributed by atoms with Crippen LogP contribution in [0.25, 0.3) is 0 Å². The van der Waals surface area contributed by atoms with Gasteiger partial charge in [-0.1, -0.05) is 79.5 Å². The number of nitrogens with one attached hydrogen (secondary N) is 1. The lowest BCUT2D eigenvalue weighted by molar-refractivity contribution is -0.115. The Labute approximate surface area is 214 Å². The second kappa shape index (κ2) is 11.2. The molecular formula is C31H32ClNOP+. The Morgan fingerprint density at radius 1 is 0.771 bits per heavy atom. The summed E-state index contributed by atoms with van der Waals surface area (Å²) in [7, 11) is -2.35. The van der Waals surface area contributed by atoms with E-state index in [0.717, 1.165) is 29.7 Å². The number of hydrogen-bond donors (Lipinski definition) is 1. The van der Waals surface area contributed by atoms with Crippen LogP contribution in [-0.2, 0) is 4.79 Å². The zero-order valence-electron chi connectivity index (χ0n) is 20.5. The number of hydrogen-bond acceptors (Lipinski definition) is 1. The molecule has 1 unspecified atom stereocenters. The molecule has 1 amide bonds. The molecule has 4 rings (SSSR count). The minimum Gasteiger partial charge on any atom is -0.322 e. The monoisotopic (exact) mass is 500 g/mol. The number of amides is 1. The van der Waals surface area contributed by atoms with Crippen molar-refractivity contribution in [1.29, 1.82) is 0 Å². The van der Waals surface area contributed by atoms with Gasteiger partial charge >= 0.3 is 0 Å². The number of carbonyl (C=O) groups is 1. The van der Waals surface area contributed by atoms with Crippen molar-refractivity contribution < 1.29 is 4.79 Å². The topological polar surface area (TPSA) is 29.1 Å². The van der Waals surface area contributed by atoms with Crippen LogP contribution in [-0.4, -0.2) is 11.6 Å². The first-order chi connectivity index (χ1) is 17.0. The highest BCUT2D eigenvalue weighted by molar-refractivity contribution is 7.96. The van der Waals surface area contributed by atoms with Gasteiger partial charge in [0.2, 0.25) is 0 Å². The number of rotatable bonds is 8. The van der Waals surface area contributed by atoms with E-state index >= 15 is 0 Å². The summed E-state index contributed by atoms with van der Waals surface area (Å²) < 4.78 is 0. The van der Waals surface area contributed by atoms with Gasteiger partial charge in [0.15, 0.2) is 5.66 Å². The van der Waals surface area contributed by atoms with Gasteiger partial charge in [-0.05, 0) is 79.9 Å². The Morgan fingerprint density at radius 3 is 1.54 bits per heavy atom. The summed E-state index contributed by atoms with van der Waals surface area (Å²) in [6, 6.07) is 35.7. The Morgan fingerprint density at radius 2 is 1.17 bits per heavy atom. The van der Waals surface area contributed by atoms with Crippen LogP contribution >= 0.6 is 18.9 Å². The van der Waals surface area contributed by atoms with E-state index in [1.165, 1.54) is 15.9 Å². The number of anilines is 1. The van der Waals surface area contributed by atoms with Gasteiger partial charge in [-0.3, -0.25) is 4.79 Å². The molecule has 0 aliphatic heterocycles. The predicted molar refractivity (Wildman–Crippen MR) is 153 cm³/mol. The molecule has 0 fully saturated rings. The van der Waals surface area contributed by atoms with E-state index < -0.39 is 7.26 Å². The molecule has 1 atom stereocenters. The summed E-state index contributed by atoms with van der Waals surface area (Å²) in [5, 5.41) is 7.67. The third kappa shape index (κ3) is 5.06. The van der Waals surface area contributed by atoms with Crippen LogP contribution in [0.1, 0.15) is 30.9 Å². The average molecular weight is 501 g/mol. The van der Waals surface area contributed by atoms with Crippen LogP contribution in [0.4, 0.5) is 5.69 Å². The van der Waals surface area contributed by atoms with Crippen LogP contribution in [0, 0.1) is 13.8 Å². The molecule has 0 radical (unpaired) electrons. The van der Waals surface area contributed by atoms with E-state index in [2.05, 4.69) is 85.0 Å². The first-order valence-corrected chi connectivity index (χ1v) is 14.3. The van der Waals surface area contributed by atoms with Gasteiger partial charge < -0.3 is 5.32 Å². The lowest BCUT2D eigenvalue weighted by Gasteiger charge is -2.34. The molecule has 0 aliphatic carbocycles. The molecular weight excluding hydrogens is 469 g/mol. The molecule has 4 heteroatoms. The maximum absolute atomic E-state index is 14.3. The molecule has 1 N–H and O–H groups in total. The van der Waals surface area contributed by atoms with Gasteiger partial charge in [-0.15, -0.1) is 0 Å². The first-order valence-electron chi connectivity index (χ1n) is 12.1. The zero-order valence-corrected chi connectivity index (χ0v) is 22.2. The highest BCUT2D eigenvalue weighted by Gasteiger charge is 2.55. The zero-order chi connectivity index (χ0) is 24.8. The second-order valence-electron chi connectivity index (χ2n) is 8.94. The number of halogens is 1. The van der Waals surface area contributed by atoms with Crippen molar-refractivity contribution in [1.82, 2.24) is 0 Å². The maximum atomic E-state index is 14.3. The smallest absolute Gasteiger partial charge is 0.266 e. The van der Waals surface area contributed by atoms with Gasteiger partial charge in [-0.2, -0.15) is 0 Å². The van der Waals surface area contributed by atoms with E-state index in [4.69, 9.17) is 11.6 Å². The Hall–Kier alpha value is -2.93. The van der Waals surface area contributed by atoms with Gasteiger partial charge in [-0.25, -0.2) is 0 Å². The molecule has 0 aromatic heterocycles. The quantitative estimate of drug-likeness (QED) is 0.258.